The number of allylic oxidation sites excluding steroid dienone is 1. The quantitative estimate of drug-likeness (QED) is 0.762. The summed E-state index contributed by atoms with van der Waals surface area (Å²) in [6, 6.07) is 13.6. The molecule has 0 radical (unpaired) electrons. The van der Waals surface area contributed by atoms with Gasteiger partial charge in [0.05, 0.1) is 29.5 Å². The normalized spacial score (nSPS) is 26.4. The zero-order valence-electron chi connectivity index (χ0n) is 17.3. The molecule has 1 aromatic carbocycles. The third-order valence-electron chi connectivity index (χ3n) is 6.82. The molecule has 0 aromatic heterocycles. The van der Waals surface area contributed by atoms with Crippen molar-refractivity contribution >= 4 is 11.6 Å². The largest absolute Gasteiger partial charge is 0.399 e. The van der Waals surface area contributed by atoms with Gasteiger partial charge in [0, 0.05) is 31.2 Å². The van der Waals surface area contributed by atoms with Gasteiger partial charge in [-0.25, -0.2) is 0 Å². The standard InChI is InChI=1S/C24H22N6O/c1-3-10-30-20-8-6-5-7-17(20)24(22(30)31)18(12-25)21(28)23(14-26,15-27)16-9-11-29(4-2)13-19(16)24/h3,5-9,19H,1,4,10-11,13,28H2,2H3. The van der Waals surface area contributed by atoms with Crippen LogP contribution in [0.2, 0.25) is 0 Å². The zero-order chi connectivity index (χ0) is 22.4. The molecule has 2 heterocycles. The van der Waals surface area contributed by atoms with Gasteiger partial charge in [0.25, 0.3) is 0 Å². The molecule has 0 bridgehead atoms. The van der Waals surface area contributed by atoms with Gasteiger partial charge in [-0.05, 0) is 23.7 Å². The molecule has 2 N–H and O–H groups in total. The van der Waals surface area contributed by atoms with Crippen LogP contribution >= 0.6 is 0 Å². The number of nitrogens with two attached hydrogens (primary N) is 1. The summed E-state index contributed by atoms with van der Waals surface area (Å²) < 4.78 is 0. The molecule has 2 aliphatic heterocycles. The summed E-state index contributed by atoms with van der Waals surface area (Å²) in [5, 5.41) is 30.4. The maximum absolute atomic E-state index is 14.1. The Labute approximate surface area is 181 Å². The average molecular weight is 410 g/mol. The van der Waals surface area contributed by atoms with E-state index in [4.69, 9.17) is 5.73 Å². The number of fused-ring (bicyclic) bond motifs is 4. The first-order chi connectivity index (χ1) is 15.0. The molecule has 4 rings (SSSR count). The second-order valence-corrected chi connectivity index (χ2v) is 7.97. The highest BCUT2D eigenvalue weighted by molar-refractivity contribution is 6.12. The molecular weight excluding hydrogens is 388 g/mol. The molecule has 7 heteroatoms. The Morgan fingerprint density at radius 1 is 1.29 bits per heavy atom. The van der Waals surface area contributed by atoms with Crippen molar-refractivity contribution in [1.29, 1.82) is 15.8 Å². The van der Waals surface area contributed by atoms with Crippen molar-refractivity contribution in [2.24, 2.45) is 17.1 Å². The molecule has 1 spiro atoms. The van der Waals surface area contributed by atoms with Crippen LogP contribution in [-0.2, 0) is 10.2 Å². The van der Waals surface area contributed by atoms with Crippen molar-refractivity contribution in [2.75, 3.05) is 31.1 Å². The lowest BCUT2D eigenvalue weighted by Crippen LogP contribution is -2.58. The average Bonchev–Trinajstić information content (AvgIpc) is 3.04. The summed E-state index contributed by atoms with van der Waals surface area (Å²) >= 11 is 0. The summed E-state index contributed by atoms with van der Waals surface area (Å²) in [7, 11) is 0. The summed E-state index contributed by atoms with van der Waals surface area (Å²) in [5.41, 5.74) is 5.03. The Balaban J connectivity index is 2.15. The van der Waals surface area contributed by atoms with E-state index in [1.54, 1.807) is 11.0 Å². The Kier molecular flexibility index (Phi) is 4.69. The van der Waals surface area contributed by atoms with E-state index in [0.717, 1.165) is 6.54 Å². The molecule has 0 saturated heterocycles. The Morgan fingerprint density at radius 3 is 2.61 bits per heavy atom. The SMILES string of the molecule is C=CCN1C(=O)C2(C(C#N)=C(N)C(C#N)(C#N)C3=CCN(CC)CC32)c2ccccc21. The lowest BCUT2D eigenvalue weighted by atomic mass is 9.52. The fraction of sp³-hybridized carbons (Fsp3) is 0.333. The molecule has 1 amide bonds. The van der Waals surface area contributed by atoms with Gasteiger partial charge < -0.3 is 10.6 Å². The lowest BCUT2D eigenvalue weighted by molar-refractivity contribution is -0.123. The van der Waals surface area contributed by atoms with Gasteiger partial charge in [-0.1, -0.05) is 37.3 Å². The van der Waals surface area contributed by atoms with Crippen LogP contribution < -0.4 is 10.6 Å². The van der Waals surface area contributed by atoms with E-state index in [1.807, 2.05) is 37.3 Å². The number of para-hydroxylation sites is 1. The monoisotopic (exact) mass is 410 g/mol. The van der Waals surface area contributed by atoms with Crippen LogP contribution in [0, 0.1) is 45.3 Å². The molecular formula is C24H22N6O. The fourth-order valence-corrected chi connectivity index (χ4v) is 5.36. The summed E-state index contributed by atoms with van der Waals surface area (Å²) in [4.78, 5) is 17.9. The number of rotatable bonds is 3. The molecule has 1 aliphatic carbocycles. The number of amides is 1. The predicted molar refractivity (Wildman–Crippen MR) is 115 cm³/mol. The second kappa shape index (κ2) is 7.13. The number of hydrogen-bond donors (Lipinski definition) is 1. The van der Waals surface area contributed by atoms with Crippen LogP contribution in [0.3, 0.4) is 0 Å². The van der Waals surface area contributed by atoms with Crippen LogP contribution in [0.1, 0.15) is 12.5 Å². The first kappa shape index (κ1) is 20.4. The van der Waals surface area contributed by atoms with Crippen molar-refractivity contribution in [3.8, 4) is 18.2 Å². The smallest absolute Gasteiger partial charge is 0.243 e. The maximum atomic E-state index is 14.1. The Morgan fingerprint density at radius 2 is 2.00 bits per heavy atom. The van der Waals surface area contributed by atoms with Gasteiger partial charge >= 0.3 is 0 Å². The molecule has 2 atom stereocenters. The third kappa shape index (κ3) is 2.31. The van der Waals surface area contributed by atoms with Crippen LogP contribution in [0.5, 0.6) is 0 Å². The topological polar surface area (TPSA) is 121 Å². The highest BCUT2D eigenvalue weighted by Gasteiger charge is 2.66. The first-order valence-corrected chi connectivity index (χ1v) is 10.2. The van der Waals surface area contributed by atoms with Gasteiger partial charge in [-0.2, -0.15) is 15.8 Å². The van der Waals surface area contributed by atoms with E-state index >= 15 is 0 Å². The van der Waals surface area contributed by atoms with Crippen molar-refractivity contribution < 1.29 is 4.79 Å². The minimum atomic E-state index is -1.76. The highest BCUT2D eigenvalue weighted by Crippen LogP contribution is 2.60. The summed E-state index contributed by atoms with van der Waals surface area (Å²) in [6.07, 6.45) is 3.49. The van der Waals surface area contributed by atoms with Gasteiger partial charge in [0.2, 0.25) is 11.3 Å². The van der Waals surface area contributed by atoms with Crippen molar-refractivity contribution in [2.45, 2.75) is 12.3 Å². The molecule has 0 saturated carbocycles. The van der Waals surface area contributed by atoms with Gasteiger partial charge in [0.1, 0.15) is 5.41 Å². The molecule has 3 aliphatic rings. The van der Waals surface area contributed by atoms with Gasteiger partial charge in [-0.15, -0.1) is 6.58 Å². The number of carbonyl (C=O) groups excluding carboxylic acids is 1. The molecule has 154 valence electrons. The highest BCUT2D eigenvalue weighted by atomic mass is 16.2. The minimum Gasteiger partial charge on any atom is -0.399 e. The zero-order valence-corrected chi connectivity index (χ0v) is 17.3. The van der Waals surface area contributed by atoms with Crippen LogP contribution in [0.25, 0.3) is 0 Å². The Bertz CT molecular complexity index is 1160. The number of nitriles is 3. The molecule has 31 heavy (non-hydrogen) atoms. The van der Waals surface area contributed by atoms with Crippen LogP contribution in [0.4, 0.5) is 5.69 Å². The number of likely N-dealkylation sites (N-methyl/N-ethyl adjacent to an activating group) is 1. The number of nitrogens with zero attached hydrogens (tertiary/aromatic N) is 5. The number of hydrogen-bond acceptors (Lipinski definition) is 6. The van der Waals surface area contributed by atoms with E-state index in [9.17, 15) is 20.6 Å². The number of carbonyl (C=O) groups is 1. The predicted octanol–water partition coefficient (Wildman–Crippen LogP) is 2.12. The molecule has 2 unspecified atom stereocenters. The van der Waals surface area contributed by atoms with E-state index in [0.29, 0.717) is 29.9 Å². The second-order valence-electron chi connectivity index (χ2n) is 7.97. The molecule has 0 fully saturated rings. The number of benzene rings is 1. The lowest BCUT2D eigenvalue weighted by Gasteiger charge is -2.49. The van der Waals surface area contributed by atoms with E-state index in [1.165, 1.54) is 0 Å². The van der Waals surface area contributed by atoms with E-state index < -0.39 is 16.7 Å². The maximum Gasteiger partial charge on any atom is 0.243 e. The summed E-state index contributed by atoms with van der Waals surface area (Å²) in [6.45, 7) is 7.78. The van der Waals surface area contributed by atoms with E-state index in [-0.39, 0.29) is 23.7 Å². The third-order valence-corrected chi connectivity index (χ3v) is 6.82. The van der Waals surface area contributed by atoms with E-state index in [2.05, 4.69) is 29.7 Å². The van der Waals surface area contributed by atoms with Crippen LogP contribution in [-0.4, -0.2) is 37.0 Å². The number of anilines is 1. The minimum absolute atomic E-state index is 0.000264. The first-order valence-electron chi connectivity index (χ1n) is 10.2. The van der Waals surface area contributed by atoms with Gasteiger partial charge in [0.15, 0.2) is 0 Å². The Hall–Kier alpha value is -3.86. The molecule has 7 nitrogen and oxygen atoms in total. The van der Waals surface area contributed by atoms with Crippen LogP contribution in [0.15, 0.2) is 59.8 Å². The van der Waals surface area contributed by atoms with Crippen molar-refractivity contribution in [3.05, 3.63) is 65.4 Å². The van der Waals surface area contributed by atoms with Crippen molar-refractivity contribution in [1.82, 2.24) is 4.90 Å². The fourth-order valence-electron chi connectivity index (χ4n) is 5.36. The van der Waals surface area contributed by atoms with Gasteiger partial charge in [-0.3, -0.25) is 9.69 Å². The molecule has 1 aromatic rings. The van der Waals surface area contributed by atoms with Crippen molar-refractivity contribution in [3.63, 3.8) is 0 Å². The summed E-state index contributed by atoms with van der Waals surface area (Å²) in [5.74, 6) is -0.836.